The summed E-state index contributed by atoms with van der Waals surface area (Å²) < 4.78 is 3.99. The summed E-state index contributed by atoms with van der Waals surface area (Å²) in [6, 6.07) is 20.3. The number of H-pyrrole nitrogens is 1. The summed E-state index contributed by atoms with van der Waals surface area (Å²) in [7, 11) is 0. The number of imidazole rings is 2. The summed E-state index contributed by atoms with van der Waals surface area (Å²) in [5.41, 5.74) is 7.09. The first-order valence-corrected chi connectivity index (χ1v) is 13.0. The minimum Gasteiger partial charge on any atom is -0.343 e. The van der Waals surface area contributed by atoms with Gasteiger partial charge in [-0.25, -0.2) is 9.78 Å². The Labute approximate surface area is 215 Å². The second-order valence-electron chi connectivity index (χ2n) is 10.1. The number of aromatic nitrogens is 4. The first-order valence-electron chi connectivity index (χ1n) is 13.0. The maximum absolute atomic E-state index is 13.7. The van der Waals surface area contributed by atoms with Gasteiger partial charge in [-0.1, -0.05) is 42.5 Å². The van der Waals surface area contributed by atoms with Crippen LogP contribution in [0.5, 0.6) is 0 Å². The molecular formula is C30H31N5O2. The first-order chi connectivity index (χ1) is 18.0. The van der Waals surface area contributed by atoms with Crippen LogP contribution in [0.2, 0.25) is 0 Å². The maximum atomic E-state index is 13.7. The van der Waals surface area contributed by atoms with E-state index in [9.17, 15) is 9.59 Å². The number of aryl methyl sites for hydroxylation is 2. The fraction of sp³-hybridized carbons (Fsp3) is 0.300. The van der Waals surface area contributed by atoms with Crippen LogP contribution in [0.25, 0.3) is 16.7 Å². The normalized spacial score (nSPS) is 15.5. The van der Waals surface area contributed by atoms with Gasteiger partial charge in [-0.2, -0.15) is 0 Å². The number of rotatable bonds is 5. The zero-order valence-electron chi connectivity index (χ0n) is 21.2. The van der Waals surface area contributed by atoms with E-state index in [1.165, 1.54) is 5.56 Å². The van der Waals surface area contributed by atoms with Crippen LogP contribution in [0.15, 0.2) is 77.9 Å². The lowest BCUT2D eigenvalue weighted by atomic mass is 9.88. The lowest BCUT2D eigenvalue weighted by Gasteiger charge is -2.33. The van der Waals surface area contributed by atoms with Gasteiger partial charge in [0.2, 0.25) is 5.91 Å². The van der Waals surface area contributed by atoms with Crippen LogP contribution >= 0.6 is 0 Å². The molecule has 3 aromatic heterocycles. The topological polar surface area (TPSA) is 75.4 Å². The van der Waals surface area contributed by atoms with E-state index in [0.717, 1.165) is 46.3 Å². The Kier molecular flexibility index (Phi) is 5.91. The fourth-order valence-electron chi connectivity index (χ4n) is 5.89. The van der Waals surface area contributed by atoms with Gasteiger partial charge in [-0.3, -0.25) is 9.36 Å². The van der Waals surface area contributed by atoms with Gasteiger partial charge < -0.3 is 14.3 Å². The number of pyridine rings is 1. The van der Waals surface area contributed by atoms with E-state index in [0.29, 0.717) is 19.5 Å². The third-order valence-electron chi connectivity index (χ3n) is 7.87. The zero-order valence-corrected chi connectivity index (χ0v) is 21.2. The Bertz CT molecular complexity index is 1650. The van der Waals surface area contributed by atoms with Crippen molar-refractivity contribution in [3.63, 3.8) is 0 Å². The molecule has 1 N–H and O–H groups in total. The number of nitrogens with one attached hydrogen (secondary N) is 1. The van der Waals surface area contributed by atoms with Crippen LogP contribution in [0.1, 0.15) is 53.6 Å². The Hall–Kier alpha value is -4.13. The molecular weight excluding hydrogens is 462 g/mol. The summed E-state index contributed by atoms with van der Waals surface area (Å²) in [4.78, 5) is 36.0. The van der Waals surface area contributed by atoms with Crippen molar-refractivity contribution < 1.29 is 4.79 Å². The van der Waals surface area contributed by atoms with E-state index in [2.05, 4.69) is 46.4 Å². The van der Waals surface area contributed by atoms with Gasteiger partial charge in [0.15, 0.2) is 0 Å². The van der Waals surface area contributed by atoms with Gasteiger partial charge in [0, 0.05) is 43.9 Å². The summed E-state index contributed by atoms with van der Waals surface area (Å²) in [5.74, 6) is 0.0417. The molecule has 0 radical (unpaired) electrons. The lowest BCUT2D eigenvalue weighted by molar-refractivity contribution is -0.132. The highest BCUT2D eigenvalue weighted by Gasteiger charge is 2.30. The van der Waals surface area contributed by atoms with E-state index in [1.54, 1.807) is 0 Å². The van der Waals surface area contributed by atoms with Crippen molar-refractivity contribution >= 4 is 22.6 Å². The molecule has 0 saturated carbocycles. The molecule has 7 nitrogen and oxygen atoms in total. The molecule has 2 aromatic carbocycles. The molecule has 4 heterocycles. The number of carbonyl (C=O) groups is 1. The molecule has 0 bridgehead atoms. The maximum Gasteiger partial charge on any atom is 0.326 e. The molecule has 1 aliphatic heterocycles. The van der Waals surface area contributed by atoms with Gasteiger partial charge >= 0.3 is 5.69 Å². The minimum atomic E-state index is -0.0977. The first kappa shape index (κ1) is 23.3. The van der Waals surface area contributed by atoms with Crippen molar-refractivity contribution in [2.75, 3.05) is 13.1 Å². The quantitative estimate of drug-likeness (QED) is 0.375. The second-order valence-corrected chi connectivity index (χ2v) is 10.1. The van der Waals surface area contributed by atoms with E-state index in [4.69, 9.17) is 0 Å². The summed E-state index contributed by atoms with van der Waals surface area (Å²) in [6.07, 6.45) is 5.85. The number of para-hydroxylation sites is 2. The number of fused-ring (bicyclic) bond motifs is 2. The average molecular weight is 494 g/mol. The molecule has 1 amide bonds. The SMILES string of the molecule is Cc1ccccc1C(CC(=O)N1CCC(n2c(=O)[nH]c3ccccc32)CC1)c1cnc2c(C)cccn12. The van der Waals surface area contributed by atoms with Crippen LogP contribution in [0, 0.1) is 13.8 Å². The second kappa shape index (κ2) is 9.39. The zero-order chi connectivity index (χ0) is 25.5. The van der Waals surface area contributed by atoms with Gasteiger partial charge in [-0.15, -0.1) is 0 Å². The third kappa shape index (κ3) is 4.14. The van der Waals surface area contributed by atoms with Crippen molar-refractivity contribution in [1.82, 2.24) is 23.8 Å². The third-order valence-corrected chi connectivity index (χ3v) is 7.87. The predicted molar refractivity (Wildman–Crippen MR) is 145 cm³/mol. The van der Waals surface area contributed by atoms with Crippen LogP contribution in [-0.4, -0.2) is 42.8 Å². The Morgan fingerprint density at radius 3 is 2.54 bits per heavy atom. The van der Waals surface area contributed by atoms with Gasteiger partial charge in [0.05, 0.1) is 16.7 Å². The molecule has 1 unspecified atom stereocenters. The van der Waals surface area contributed by atoms with E-state index in [1.807, 2.05) is 64.3 Å². The van der Waals surface area contributed by atoms with Crippen molar-refractivity contribution in [3.8, 4) is 0 Å². The largest absolute Gasteiger partial charge is 0.343 e. The lowest BCUT2D eigenvalue weighted by Crippen LogP contribution is -2.41. The van der Waals surface area contributed by atoms with E-state index < -0.39 is 0 Å². The molecule has 1 fully saturated rings. The van der Waals surface area contributed by atoms with Gasteiger partial charge in [0.1, 0.15) is 5.65 Å². The number of hydrogen-bond acceptors (Lipinski definition) is 3. The number of carbonyl (C=O) groups excluding carboxylic acids is 1. The van der Waals surface area contributed by atoms with Crippen LogP contribution < -0.4 is 5.69 Å². The number of nitrogens with zero attached hydrogens (tertiary/aromatic N) is 4. The monoisotopic (exact) mass is 493 g/mol. The van der Waals surface area contributed by atoms with Gasteiger partial charge in [-0.05, 0) is 61.6 Å². The molecule has 1 saturated heterocycles. The van der Waals surface area contributed by atoms with Crippen LogP contribution in [0.3, 0.4) is 0 Å². The Balaban J connectivity index is 1.25. The Morgan fingerprint density at radius 2 is 1.73 bits per heavy atom. The van der Waals surface area contributed by atoms with E-state index in [-0.39, 0.29) is 23.6 Å². The van der Waals surface area contributed by atoms with Crippen molar-refractivity contribution in [1.29, 1.82) is 0 Å². The molecule has 188 valence electrons. The summed E-state index contributed by atoms with van der Waals surface area (Å²) >= 11 is 0. The number of aromatic amines is 1. The number of piperidine rings is 1. The van der Waals surface area contributed by atoms with E-state index >= 15 is 0 Å². The number of hydrogen-bond donors (Lipinski definition) is 1. The fourth-order valence-corrected chi connectivity index (χ4v) is 5.89. The molecule has 5 aromatic rings. The molecule has 0 aliphatic carbocycles. The standard InChI is InChI=1S/C30H31N5O2/c1-20-8-3-4-10-23(20)24(27-19-31-29-21(2)9-7-15-34(27)29)18-28(36)33-16-13-22(14-17-33)35-26-12-6-5-11-25(26)32-30(35)37/h3-12,15,19,22,24H,13-14,16-18H2,1-2H3,(H,32,37). The molecule has 6 rings (SSSR count). The molecule has 1 atom stereocenters. The number of amides is 1. The van der Waals surface area contributed by atoms with Crippen molar-refractivity contribution in [3.05, 3.63) is 106 Å². The van der Waals surface area contributed by atoms with Crippen molar-refractivity contribution in [2.45, 2.75) is 45.1 Å². The smallest absolute Gasteiger partial charge is 0.326 e. The van der Waals surface area contributed by atoms with Gasteiger partial charge in [0.25, 0.3) is 0 Å². The van der Waals surface area contributed by atoms with Crippen LogP contribution in [0.4, 0.5) is 0 Å². The highest BCUT2D eigenvalue weighted by atomic mass is 16.2. The average Bonchev–Trinajstić information content (AvgIpc) is 3.49. The predicted octanol–water partition coefficient (Wildman–Crippen LogP) is 4.98. The minimum absolute atomic E-state index is 0.0755. The number of benzene rings is 2. The molecule has 7 heteroatoms. The van der Waals surface area contributed by atoms with Crippen LogP contribution in [-0.2, 0) is 4.79 Å². The summed E-state index contributed by atoms with van der Waals surface area (Å²) in [5, 5.41) is 0. The van der Waals surface area contributed by atoms with Crippen molar-refractivity contribution in [2.24, 2.45) is 0 Å². The molecule has 1 aliphatic rings. The highest BCUT2D eigenvalue weighted by molar-refractivity contribution is 5.78. The Morgan fingerprint density at radius 1 is 1.00 bits per heavy atom. The highest BCUT2D eigenvalue weighted by Crippen LogP contribution is 2.33. The number of likely N-dealkylation sites (tertiary alicyclic amines) is 1. The molecule has 0 spiro atoms. The molecule has 37 heavy (non-hydrogen) atoms. The summed E-state index contributed by atoms with van der Waals surface area (Å²) in [6.45, 7) is 5.44.